The summed E-state index contributed by atoms with van der Waals surface area (Å²) in [7, 11) is 0. The molecule has 1 rings (SSSR count). The first-order chi connectivity index (χ1) is 7.00. The van der Waals surface area contributed by atoms with E-state index >= 15 is 0 Å². The van der Waals surface area contributed by atoms with Crippen LogP contribution in [0.25, 0.3) is 0 Å². The van der Waals surface area contributed by atoms with Gasteiger partial charge in [0.15, 0.2) is 0 Å². The molecule has 0 saturated carbocycles. The second kappa shape index (κ2) is 4.65. The number of hydrogen-bond acceptors (Lipinski definition) is 4. The van der Waals surface area contributed by atoms with Crippen LogP contribution in [0.1, 0.15) is 17.3 Å². The molecule has 0 aliphatic rings. The lowest BCUT2D eigenvalue weighted by atomic mass is 10.2. The van der Waals surface area contributed by atoms with E-state index in [0.717, 1.165) is 0 Å². The van der Waals surface area contributed by atoms with Crippen LogP contribution >= 0.6 is 0 Å². The number of anilines is 1. The topological polar surface area (TPSA) is 95.6 Å². The van der Waals surface area contributed by atoms with Crippen molar-refractivity contribution >= 4 is 11.6 Å². The molecule has 0 saturated heterocycles. The van der Waals surface area contributed by atoms with Gasteiger partial charge in [-0.15, -0.1) is 0 Å². The lowest BCUT2D eigenvalue weighted by Crippen LogP contribution is -2.30. The zero-order valence-corrected chi connectivity index (χ0v) is 8.40. The third-order valence-corrected chi connectivity index (χ3v) is 1.85. The van der Waals surface area contributed by atoms with Gasteiger partial charge < -0.3 is 21.3 Å². The van der Waals surface area contributed by atoms with Gasteiger partial charge in [-0.05, 0) is 25.1 Å². The minimum Gasteiger partial charge on any atom is -0.506 e. The SMILES string of the molecule is C[C@@H](O)CNC(=O)c1ccc(N)c(O)c1. The number of carbonyl (C=O) groups is 1. The average Bonchev–Trinajstić information content (AvgIpc) is 2.18. The number of aliphatic hydroxyl groups excluding tert-OH is 1. The molecule has 0 radical (unpaired) electrons. The number of phenols is 1. The van der Waals surface area contributed by atoms with Crippen molar-refractivity contribution in [1.82, 2.24) is 5.32 Å². The molecule has 82 valence electrons. The maximum atomic E-state index is 11.4. The number of rotatable bonds is 3. The Morgan fingerprint density at radius 3 is 2.80 bits per heavy atom. The van der Waals surface area contributed by atoms with Crippen molar-refractivity contribution in [2.24, 2.45) is 0 Å². The summed E-state index contributed by atoms with van der Waals surface area (Å²) < 4.78 is 0. The molecular formula is C10H14N2O3. The fourth-order valence-electron chi connectivity index (χ4n) is 1.03. The highest BCUT2D eigenvalue weighted by Gasteiger charge is 2.08. The van der Waals surface area contributed by atoms with Crippen LogP contribution in [-0.4, -0.2) is 28.8 Å². The molecule has 5 heteroatoms. The lowest BCUT2D eigenvalue weighted by Gasteiger charge is -2.07. The van der Waals surface area contributed by atoms with Crippen molar-refractivity contribution in [1.29, 1.82) is 0 Å². The van der Waals surface area contributed by atoms with Gasteiger partial charge in [0.2, 0.25) is 0 Å². The second-order valence-corrected chi connectivity index (χ2v) is 3.33. The minimum absolute atomic E-state index is 0.125. The summed E-state index contributed by atoms with van der Waals surface area (Å²) in [6, 6.07) is 4.24. The Balaban J connectivity index is 2.70. The van der Waals surface area contributed by atoms with Crippen LogP contribution in [0, 0.1) is 0 Å². The molecule has 0 aromatic heterocycles. The van der Waals surface area contributed by atoms with E-state index in [-0.39, 0.29) is 23.9 Å². The van der Waals surface area contributed by atoms with Crippen LogP contribution in [0.4, 0.5) is 5.69 Å². The summed E-state index contributed by atoms with van der Waals surface area (Å²) in [5.41, 5.74) is 5.92. The molecule has 1 atom stereocenters. The normalized spacial score (nSPS) is 12.1. The molecular weight excluding hydrogens is 196 g/mol. The first-order valence-corrected chi connectivity index (χ1v) is 4.55. The van der Waals surface area contributed by atoms with Crippen LogP contribution in [0.2, 0.25) is 0 Å². The van der Waals surface area contributed by atoms with Crippen LogP contribution in [0.5, 0.6) is 5.75 Å². The highest BCUT2D eigenvalue weighted by atomic mass is 16.3. The third-order valence-electron chi connectivity index (χ3n) is 1.85. The number of amides is 1. The fourth-order valence-corrected chi connectivity index (χ4v) is 1.03. The minimum atomic E-state index is -0.601. The molecule has 5 N–H and O–H groups in total. The predicted molar refractivity (Wildman–Crippen MR) is 56.5 cm³/mol. The zero-order valence-electron chi connectivity index (χ0n) is 8.40. The highest BCUT2D eigenvalue weighted by Crippen LogP contribution is 2.20. The van der Waals surface area contributed by atoms with Crippen molar-refractivity contribution < 1.29 is 15.0 Å². The molecule has 1 amide bonds. The number of aliphatic hydroxyl groups is 1. The summed E-state index contributed by atoms with van der Waals surface area (Å²) in [5, 5.41) is 20.7. The third kappa shape index (κ3) is 3.14. The molecule has 15 heavy (non-hydrogen) atoms. The molecule has 0 aliphatic heterocycles. The molecule has 5 nitrogen and oxygen atoms in total. The summed E-state index contributed by atoms with van der Waals surface area (Å²) in [6.07, 6.45) is -0.601. The van der Waals surface area contributed by atoms with Gasteiger partial charge in [0.1, 0.15) is 5.75 Å². The number of nitrogens with one attached hydrogen (secondary N) is 1. The van der Waals surface area contributed by atoms with Crippen molar-refractivity contribution in [3.63, 3.8) is 0 Å². The van der Waals surface area contributed by atoms with Gasteiger partial charge in [-0.2, -0.15) is 0 Å². The smallest absolute Gasteiger partial charge is 0.251 e. The molecule has 0 bridgehead atoms. The first-order valence-electron chi connectivity index (χ1n) is 4.55. The van der Waals surface area contributed by atoms with Gasteiger partial charge in [-0.1, -0.05) is 0 Å². The summed E-state index contributed by atoms with van der Waals surface area (Å²) in [5.74, 6) is -0.481. The average molecular weight is 210 g/mol. The van der Waals surface area contributed by atoms with E-state index in [1.54, 1.807) is 6.92 Å². The number of nitrogen functional groups attached to an aromatic ring is 1. The van der Waals surface area contributed by atoms with Gasteiger partial charge in [0, 0.05) is 12.1 Å². The lowest BCUT2D eigenvalue weighted by molar-refractivity contribution is 0.0923. The number of aromatic hydroxyl groups is 1. The predicted octanol–water partition coefficient (Wildman–Crippen LogP) is 0.0850. The molecule has 0 fully saturated rings. The van der Waals surface area contributed by atoms with Gasteiger partial charge >= 0.3 is 0 Å². The molecule has 0 unspecified atom stereocenters. The van der Waals surface area contributed by atoms with Gasteiger partial charge in [0.25, 0.3) is 5.91 Å². The monoisotopic (exact) mass is 210 g/mol. The van der Waals surface area contributed by atoms with E-state index in [0.29, 0.717) is 5.56 Å². The first kappa shape index (κ1) is 11.3. The molecule has 1 aromatic rings. The van der Waals surface area contributed by atoms with E-state index in [9.17, 15) is 9.90 Å². The van der Waals surface area contributed by atoms with Gasteiger partial charge in [-0.3, -0.25) is 4.79 Å². The largest absolute Gasteiger partial charge is 0.506 e. The van der Waals surface area contributed by atoms with Crippen molar-refractivity contribution in [2.45, 2.75) is 13.0 Å². The van der Waals surface area contributed by atoms with Crippen LogP contribution < -0.4 is 11.1 Å². The number of phenolic OH excluding ortho intramolecular Hbond substituents is 1. The van der Waals surface area contributed by atoms with E-state index < -0.39 is 6.10 Å². The second-order valence-electron chi connectivity index (χ2n) is 3.33. The Bertz CT molecular complexity index is 364. The Morgan fingerprint density at radius 1 is 1.60 bits per heavy atom. The number of benzene rings is 1. The molecule has 0 aliphatic carbocycles. The maximum absolute atomic E-state index is 11.4. The van der Waals surface area contributed by atoms with Crippen molar-refractivity contribution in [3.8, 4) is 5.75 Å². The van der Waals surface area contributed by atoms with E-state index in [2.05, 4.69) is 5.32 Å². The summed E-state index contributed by atoms with van der Waals surface area (Å²) >= 11 is 0. The standard InChI is InChI=1S/C10H14N2O3/c1-6(13)5-12-10(15)7-2-3-8(11)9(14)4-7/h2-4,6,13-14H,5,11H2,1H3,(H,12,15)/t6-/m1/s1. The number of carbonyl (C=O) groups excluding carboxylic acids is 1. The summed E-state index contributed by atoms with van der Waals surface area (Å²) in [4.78, 5) is 11.4. The number of nitrogens with two attached hydrogens (primary N) is 1. The fraction of sp³-hybridized carbons (Fsp3) is 0.300. The zero-order chi connectivity index (χ0) is 11.4. The van der Waals surface area contributed by atoms with Gasteiger partial charge in [-0.25, -0.2) is 0 Å². The van der Waals surface area contributed by atoms with Crippen molar-refractivity contribution in [2.75, 3.05) is 12.3 Å². The van der Waals surface area contributed by atoms with Crippen molar-refractivity contribution in [3.05, 3.63) is 23.8 Å². The van der Waals surface area contributed by atoms with Crippen LogP contribution in [-0.2, 0) is 0 Å². The Hall–Kier alpha value is -1.75. The van der Waals surface area contributed by atoms with E-state index in [1.165, 1.54) is 18.2 Å². The Morgan fingerprint density at radius 2 is 2.27 bits per heavy atom. The maximum Gasteiger partial charge on any atom is 0.251 e. The summed E-state index contributed by atoms with van der Waals surface area (Å²) in [6.45, 7) is 1.74. The Kier molecular flexibility index (Phi) is 3.51. The van der Waals surface area contributed by atoms with E-state index in [1.807, 2.05) is 0 Å². The molecule has 1 aromatic carbocycles. The highest BCUT2D eigenvalue weighted by molar-refractivity contribution is 5.95. The molecule has 0 heterocycles. The van der Waals surface area contributed by atoms with Crippen LogP contribution in [0.3, 0.4) is 0 Å². The molecule has 0 spiro atoms. The van der Waals surface area contributed by atoms with E-state index in [4.69, 9.17) is 10.8 Å². The number of hydrogen-bond donors (Lipinski definition) is 4. The quantitative estimate of drug-likeness (QED) is 0.420. The Labute approximate surface area is 87.5 Å². The van der Waals surface area contributed by atoms with Crippen LogP contribution in [0.15, 0.2) is 18.2 Å². The van der Waals surface area contributed by atoms with Gasteiger partial charge in [0.05, 0.1) is 11.8 Å².